The molecule has 2 unspecified atom stereocenters. The molecule has 3 heteroatoms. The van der Waals surface area contributed by atoms with Crippen LogP contribution in [0.2, 0.25) is 0 Å². The minimum Gasteiger partial charge on any atom is -0.504 e. The number of phenolic OH excluding ortho intramolecular Hbond substituents is 2. The fraction of sp³-hybridized carbons (Fsp3) is 0.625. The van der Waals surface area contributed by atoms with Crippen LogP contribution in [0.1, 0.15) is 44.6 Å². The second kappa shape index (κ2) is 6.80. The predicted octanol–water partition coefficient (Wildman–Crippen LogP) is 3.40. The van der Waals surface area contributed by atoms with E-state index >= 15 is 0 Å². The predicted molar refractivity (Wildman–Crippen MR) is 77.2 cm³/mol. The van der Waals surface area contributed by atoms with Crippen LogP contribution in [0.3, 0.4) is 0 Å². The maximum atomic E-state index is 9.69. The number of rotatable bonds is 5. The van der Waals surface area contributed by atoms with Crippen molar-refractivity contribution in [1.29, 1.82) is 0 Å². The maximum Gasteiger partial charge on any atom is 0.161 e. The van der Waals surface area contributed by atoms with Gasteiger partial charge in [0.2, 0.25) is 0 Å². The van der Waals surface area contributed by atoms with Crippen molar-refractivity contribution in [2.75, 3.05) is 6.54 Å². The summed E-state index contributed by atoms with van der Waals surface area (Å²) >= 11 is 0. The van der Waals surface area contributed by atoms with Crippen molar-refractivity contribution >= 4 is 0 Å². The van der Waals surface area contributed by atoms with Gasteiger partial charge >= 0.3 is 0 Å². The minimum absolute atomic E-state index is 0.00119. The van der Waals surface area contributed by atoms with E-state index < -0.39 is 0 Å². The molecule has 0 radical (unpaired) electrons. The average molecular weight is 263 g/mol. The molecule has 2 rings (SSSR count). The monoisotopic (exact) mass is 263 g/mol. The van der Waals surface area contributed by atoms with E-state index in [1.807, 2.05) is 6.07 Å². The van der Waals surface area contributed by atoms with Crippen molar-refractivity contribution in [1.82, 2.24) is 5.32 Å². The highest BCUT2D eigenvalue weighted by molar-refractivity contribution is 5.44. The molecule has 1 aliphatic carbocycles. The van der Waals surface area contributed by atoms with Crippen molar-refractivity contribution < 1.29 is 10.2 Å². The first-order valence-corrected chi connectivity index (χ1v) is 7.37. The number of benzene rings is 1. The lowest BCUT2D eigenvalue weighted by Gasteiger charge is -2.26. The van der Waals surface area contributed by atoms with Gasteiger partial charge < -0.3 is 15.5 Å². The van der Waals surface area contributed by atoms with Gasteiger partial charge in [-0.3, -0.25) is 0 Å². The van der Waals surface area contributed by atoms with Gasteiger partial charge in [-0.25, -0.2) is 0 Å². The third kappa shape index (κ3) is 4.13. The SMILES string of the molecule is CC1CCCC(CCNCc2cccc(O)c2O)C1. The van der Waals surface area contributed by atoms with Crippen molar-refractivity contribution in [2.24, 2.45) is 11.8 Å². The van der Waals surface area contributed by atoms with Gasteiger partial charge in [-0.1, -0.05) is 38.3 Å². The maximum absolute atomic E-state index is 9.69. The molecule has 1 aromatic carbocycles. The molecule has 19 heavy (non-hydrogen) atoms. The molecule has 0 spiro atoms. The summed E-state index contributed by atoms with van der Waals surface area (Å²) in [5.74, 6) is 1.70. The molecule has 0 bridgehead atoms. The molecule has 0 heterocycles. The Kier molecular flexibility index (Phi) is 5.08. The first-order chi connectivity index (χ1) is 9.16. The molecule has 0 amide bonds. The number of para-hydroxylation sites is 1. The Morgan fingerprint density at radius 1 is 1.26 bits per heavy atom. The quantitative estimate of drug-likeness (QED) is 0.563. The van der Waals surface area contributed by atoms with Crippen LogP contribution < -0.4 is 5.32 Å². The zero-order chi connectivity index (χ0) is 13.7. The third-order valence-corrected chi connectivity index (χ3v) is 4.19. The van der Waals surface area contributed by atoms with Gasteiger partial charge in [-0.2, -0.15) is 0 Å². The van der Waals surface area contributed by atoms with E-state index in [9.17, 15) is 10.2 Å². The van der Waals surface area contributed by atoms with Crippen LogP contribution in [0.4, 0.5) is 0 Å². The summed E-state index contributed by atoms with van der Waals surface area (Å²) < 4.78 is 0. The summed E-state index contributed by atoms with van der Waals surface area (Å²) in [4.78, 5) is 0. The van der Waals surface area contributed by atoms with E-state index in [1.165, 1.54) is 38.2 Å². The lowest BCUT2D eigenvalue weighted by Crippen LogP contribution is -2.21. The molecule has 3 nitrogen and oxygen atoms in total. The summed E-state index contributed by atoms with van der Waals surface area (Å²) in [5, 5.41) is 22.5. The smallest absolute Gasteiger partial charge is 0.161 e. The van der Waals surface area contributed by atoms with E-state index in [4.69, 9.17) is 0 Å². The third-order valence-electron chi connectivity index (χ3n) is 4.19. The molecule has 3 N–H and O–H groups in total. The summed E-state index contributed by atoms with van der Waals surface area (Å²) in [5.41, 5.74) is 0.761. The Hall–Kier alpha value is -1.22. The van der Waals surface area contributed by atoms with Crippen LogP contribution in [0, 0.1) is 11.8 Å². The van der Waals surface area contributed by atoms with Crippen LogP contribution in [0.15, 0.2) is 18.2 Å². The van der Waals surface area contributed by atoms with Gasteiger partial charge in [0.15, 0.2) is 11.5 Å². The van der Waals surface area contributed by atoms with Gasteiger partial charge in [0.25, 0.3) is 0 Å². The van der Waals surface area contributed by atoms with Gasteiger partial charge in [-0.05, 0) is 37.3 Å². The Morgan fingerprint density at radius 3 is 2.89 bits per heavy atom. The summed E-state index contributed by atoms with van der Waals surface area (Å²) in [6.45, 7) is 3.94. The molecule has 1 fully saturated rings. The minimum atomic E-state index is -0.0413. The van der Waals surface area contributed by atoms with E-state index in [2.05, 4.69) is 12.2 Å². The molecular weight excluding hydrogens is 238 g/mol. The van der Waals surface area contributed by atoms with E-state index in [0.29, 0.717) is 6.54 Å². The topological polar surface area (TPSA) is 52.5 Å². The normalized spacial score (nSPS) is 23.4. The summed E-state index contributed by atoms with van der Waals surface area (Å²) in [7, 11) is 0. The largest absolute Gasteiger partial charge is 0.504 e. The number of nitrogens with one attached hydrogen (secondary N) is 1. The molecule has 1 aromatic rings. The molecule has 106 valence electrons. The molecule has 0 aliphatic heterocycles. The van der Waals surface area contributed by atoms with Gasteiger partial charge in [0, 0.05) is 12.1 Å². The van der Waals surface area contributed by atoms with Gasteiger partial charge in [0.05, 0.1) is 0 Å². The van der Waals surface area contributed by atoms with Crippen LogP contribution in [0.5, 0.6) is 11.5 Å². The van der Waals surface area contributed by atoms with E-state index in [1.54, 1.807) is 6.07 Å². The van der Waals surface area contributed by atoms with Crippen LogP contribution in [-0.2, 0) is 6.54 Å². The standard InChI is InChI=1S/C16H25NO2/c1-12-4-2-5-13(10-12)8-9-17-11-14-6-3-7-15(18)16(14)19/h3,6-7,12-13,17-19H,2,4-5,8-11H2,1H3. The number of phenols is 2. The van der Waals surface area contributed by atoms with Crippen LogP contribution >= 0.6 is 0 Å². The molecule has 0 aromatic heterocycles. The molecule has 0 saturated heterocycles. The van der Waals surface area contributed by atoms with Crippen molar-refractivity contribution in [3.63, 3.8) is 0 Å². The Labute approximate surface area is 115 Å². The number of hydrogen-bond acceptors (Lipinski definition) is 3. The highest BCUT2D eigenvalue weighted by Gasteiger charge is 2.18. The van der Waals surface area contributed by atoms with E-state index in [-0.39, 0.29) is 11.5 Å². The summed E-state index contributed by atoms with van der Waals surface area (Å²) in [6, 6.07) is 5.10. The zero-order valence-electron chi connectivity index (χ0n) is 11.7. The molecular formula is C16H25NO2. The number of aromatic hydroxyl groups is 2. The Morgan fingerprint density at radius 2 is 2.11 bits per heavy atom. The average Bonchev–Trinajstić information content (AvgIpc) is 2.39. The van der Waals surface area contributed by atoms with Gasteiger partial charge in [-0.15, -0.1) is 0 Å². The van der Waals surface area contributed by atoms with E-state index in [0.717, 1.165) is 23.9 Å². The molecule has 1 aliphatic rings. The summed E-state index contributed by atoms with van der Waals surface area (Å²) in [6.07, 6.45) is 6.70. The number of hydrogen-bond donors (Lipinski definition) is 3. The lowest BCUT2D eigenvalue weighted by atomic mass is 9.81. The lowest BCUT2D eigenvalue weighted by molar-refractivity contribution is 0.267. The highest BCUT2D eigenvalue weighted by Crippen LogP contribution is 2.30. The Balaban J connectivity index is 1.70. The second-order valence-electron chi connectivity index (χ2n) is 5.89. The van der Waals surface area contributed by atoms with Crippen molar-refractivity contribution in [2.45, 2.75) is 45.6 Å². The Bertz CT molecular complexity index is 406. The second-order valence-corrected chi connectivity index (χ2v) is 5.89. The highest BCUT2D eigenvalue weighted by atomic mass is 16.3. The first-order valence-electron chi connectivity index (χ1n) is 7.37. The zero-order valence-corrected chi connectivity index (χ0v) is 11.7. The van der Waals surface area contributed by atoms with Crippen LogP contribution in [0.25, 0.3) is 0 Å². The fourth-order valence-electron chi connectivity index (χ4n) is 3.07. The first kappa shape index (κ1) is 14.2. The van der Waals surface area contributed by atoms with Crippen LogP contribution in [-0.4, -0.2) is 16.8 Å². The molecule has 1 saturated carbocycles. The fourth-order valence-corrected chi connectivity index (χ4v) is 3.07. The van der Waals surface area contributed by atoms with Crippen molar-refractivity contribution in [3.05, 3.63) is 23.8 Å². The van der Waals surface area contributed by atoms with Crippen molar-refractivity contribution in [3.8, 4) is 11.5 Å². The van der Waals surface area contributed by atoms with Gasteiger partial charge in [0.1, 0.15) is 0 Å². The molecule has 2 atom stereocenters.